The minimum atomic E-state index is -4.02. The Balaban J connectivity index is 0.000000160. The molecule has 1 heterocycles. The average molecular weight is 368 g/mol. The standard InChI is InChI=1S/C14H12O.C7H8O3S/c1-2-4-11(5-3-1)13-7-6-12-8-9-15-14(12)10-13;1-6-2-4-7(5-3-6)11(8,9)10/h1-7,10H,8-9H2;2-5H,1H3,(H,8,9,10). The van der Waals surface area contributed by atoms with Gasteiger partial charge in [0.1, 0.15) is 5.75 Å². The van der Waals surface area contributed by atoms with E-state index in [-0.39, 0.29) is 4.90 Å². The average Bonchev–Trinajstić information content (AvgIpc) is 3.10. The number of fused-ring (bicyclic) bond motifs is 1. The van der Waals surface area contributed by atoms with E-state index in [1.807, 2.05) is 13.0 Å². The fourth-order valence-corrected chi connectivity index (χ4v) is 3.17. The smallest absolute Gasteiger partial charge is 0.294 e. The molecule has 0 radical (unpaired) electrons. The fraction of sp³-hybridized carbons (Fsp3) is 0.143. The molecule has 4 rings (SSSR count). The predicted molar refractivity (Wildman–Crippen MR) is 102 cm³/mol. The third-order valence-corrected chi connectivity index (χ3v) is 4.99. The molecule has 4 nitrogen and oxygen atoms in total. The van der Waals surface area contributed by atoms with Crippen molar-refractivity contribution < 1.29 is 17.7 Å². The molecule has 0 amide bonds. The summed E-state index contributed by atoms with van der Waals surface area (Å²) in [7, 11) is -4.02. The van der Waals surface area contributed by atoms with Crippen LogP contribution in [0.25, 0.3) is 11.1 Å². The van der Waals surface area contributed by atoms with Crippen LogP contribution in [0.5, 0.6) is 5.75 Å². The fourth-order valence-electron chi connectivity index (χ4n) is 2.69. The van der Waals surface area contributed by atoms with Crippen molar-refractivity contribution in [3.8, 4) is 16.9 Å². The maximum Gasteiger partial charge on any atom is 0.294 e. The third kappa shape index (κ3) is 4.50. The minimum Gasteiger partial charge on any atom is -0.493 e. The molecule has 1 aliphatic heterocycles. The van der Waals surface area contributed by atoms with Gasteiger partial charge < -0.3 is 4.74 Å². The van der Waals surface area contributed by atoms with Crippen molar-refractivity contribution in [2.45, 2.75) is 18.2 Å². The topological polar surface area (TPSA) is 63.6 Å². The Morgan fingerprint density at radius 1 is 0.885 bits per heavy atom. The number of hydrogen-bond acceptors (Lipinski definition) is 3. The summed E-state index contributed by atoms with van der Waals surface area (Å²) in [5.74, 6) is 1.05. The van der Waals surface area contributed by atoms with E-state index < -0.39 is 10.1 Å². The second-order valence-electron chi connectivity index (χ2n) is 6.08. The second kappa shape index (κ2) is 7.72. The molecule has 26 heavy (non-hydrogen) atoms. The van der Waals surface area contributed by atoms with Crippen LogP contribution in [0, 0.1) is 6.92 Å². The Labute approximate surface area is 153 Å². The van der Waals surface area contributed by atoms with E-state index in [0.29, 0.717) is 0 Å². The summed E-state index contributed by atoms with van der Waals surface area (Å²) in [5, 5.41) is 0. The van der Waals surface area contributed by atoms with Gasteiger partial charge in [-0.15, -0.1) is 0 Å². The Morgan fingerprint density at radius 2 is 1.58 bits per heavy atom. The molecule has 1 N–H and O–H groups in total. The molecule has 0 spiro atoms. The molecule has 3 aromatic carbocycles. The largest absolute Gasteiger partial charge is 0.493 e. The number of ether oxygens (including phenoxy) is 1. The molecule has 0 aromatic heterocycles. The quantitative estimate of drug-likeness (QED) is 0.675. The van der Waals surface area contributed by atoms with Crippen LogP contribution in [-0.2, 0) is 16.5 Å². The van der Waals surface area contributed by atoms with Crippen molar-refractivity contribution in [2.75, 3.05) is 6.61 Å². The predicted octanol–water partition coefficient (Wildman–Crippen LogP) is 4.53. The summed E-state index contributed by atoms with van der Waals surface area (Å²) in [4.78, 5) is -0.0666. The van der Waals surface area contributed by atoms with Gasteiger partial charge in [-0.1, -0.05) is 60.2 Å². The molecule has 0 saturated carbocycles. The molecule has 0 aliphatic carbocycles. The van der Waals surface area contributed by atoms with Gasteiger partial charge in [-0.3, -0.25) is 4.55 Å². The van der Waals surface area contributed by atoms with Crippen LogP contribution in [0.15, 0.2) is 77.7 Å². The van der Waals surface area contributed by atoms with Gasteiger partial charge in [0, 0.05) is 6.42 Å². The summed E-state index contributed by atoms with van der Waals surface area (Å²) < 4.78 is 35.1. The lowest BCUT2D eigenvalue weighted by atomic mass is 10.0. The molecule has 0 atom stereocenters. The summed E-state index contributed by atoms with van der Waals surface area (Å²) in [6, 6.07) is 22.9. The van der Waals surface area contributed by atoms with E-state index in [4.69, 9.17) is 9.29 Å². The van der Waals surface area contributed by atoms with E-state index in [1.165, 1.54) is 28.8 Å². The molecule has 0 unspecified atom stereocenters. The monoisotopic (exact) mass is 368 g/mol. The Bertz CT molecular complexity index is 978. The van der Waals surface area contributed by atoms with Crippen LogP contribution >= 0.6 is 0 Å². The van der Waals surface area contributed by atoms with E-state index in [2.05, 4.69) is 42.5 Å². The first kappa shape index (κ1) is 18.2. The molecular weight excluding hydrogens is 348 g/mol. The van der Waals surface area contributed by atoms with Crippen molar-refractivity contribution in [2.24, 2.45) is 0 Å². The van der Waals surface area contributed by atoms with Gasteiger partial charge in [-0.25, -0.2) is 0 Å². The summed E-state index contributed by atoms with van der Waals surface area (Å²) >= 11 is 0. The molecule has 5 heteroatoms. The Hall–Kier alpha value is -2.63. The highest BCUT2D eigenvalue weighted by Gasteiger charge is 2.12. The number of benzene rings is 3. The van der Waals surface area contributed by atoms with Crippen molar-refractivity contribution in [3.05, 3.63) is 83.9 Å². The lowest BCUT2D eigenvalue weighted by Gasteiger charge is -2.04. The molecule has 0 bridgehead atoms. The molecule has 1 aliphatic rings. The van der Waals surface area contributed by atoms with Gasteiger partial charge in [0.2, 0.25) is 0 Å². The molecule has 134 valence electrons. The van der Waals surface area contributed by atoms with E-state index in [1.54, 1.807) is 12.1 Å². The molecular formula is C21H20O4S. The van der Waals surface area contributed by atoms with Gasteiger partial charge in [0.25, 0.3) is 10.1 Å². The van der Waals surface area contributed by atoms with Crippen LogP contribution in [0.2, 0.25) is 0 Å². The number of rotatable bonds is 2. The minimum absolute atomic E-state index is 0.0666. The first-order valence-electron chi connectivity index (χ1n) is 8.29. The number of hydrogen-bond donors (Lipinski definition) is 1. The normalized spacial score (nSPS) is 12.5. The zero-order valence-electron chi connectivity index (χ0n) is 14.4. The summed E-state index contributed by atoms with van der Waals surface area (Å²) in [6.07, 6.45) is 1.05. The maximum absolute atomic E-state index is 10.5. The lowest BCUT2D eigenvalue weighted by molar-refractivity contribution is 0.357. The van der Waals surface area contributed by atoms with E-state index in [9.17, 15) is 8.42 Å². The molecule has 3 aromatic rings. The van der Waals surface area contributed by atoms with Crippen molar-refractivity contribution in [1.29, 1.82) is 0 Å². The van der Waals surface area contributed by atoms with Crippen LogP contribution < -0.4 is 4.74 Å². The van der Waals surface area contributed by atoms with E-state index >= 15 is 0 Å². The molecule has 0 fully saturated rings. The SMILES string of the molecule is Cc1ccc(S(=O)(=O)O)cc1.c1ccc(-c2ccc3c(c2)OCC3)cc1. The zero-order valence-corrected chi connectivity index (χ0v) is 15.2. The highest BCUT2D eigenvalue weighted by atomic mass is 32.2. The highest BCUT2D eigenvalue weighted by Crippen LogP contribution is 2.30. The third-order valence-electron chi connectivity index (χ3n) is 4.12. The Morgan fingerprint density at radius 3 is 2.23 bits per heavy atom. The van der Waals surface area contributed by atoms with Crippen LogP contribution in [0.4, 0.5) is 0 Å². The van der Waals surface area contributed by atoms with E-state index in [0.717, 1.165) is 24.3 Å². The molecule has 0 saturated heterocycles. The van der Waals surface area contributed by atoms with Crippen LogP contribution in [0.3, 0.4) is 0 Å². The summed E-state index contributed by atoms with van der Waals surface area (Å²) in [5.41, 5.74) is 4.76. The van der Waals surface area contributed by atoms with Gasteiger partial charge in [-0.05, 0) is 41.8 Å². The van der Waals surface area contributed by atoms with Gasteiger partial charge >= 0.3 is 0 Å². The number of aryl methyl sites for hydroxylation is 1. The summed E-state index contributed by atoms with van der Waals surface area (Å²) in [6.45, 7) is 2.67. The first-order valence-corrected chi connectivity index (χ1v) is 9.73. The maximum atomic E-state index is 10.5. The van der Waals surface area contributed by atoms with Crippen LogP contribution in [0.1, 0.15) is 11.1 Å². The van der Waals surface area contributed by atoms with Crippen LogP contribution in [-0.4, -0.2) is 19.6 Å². The van der Waals surface area contributed by atoms with Crippen molar-refractivity contribution >= 4 is 10.1 Å². The van der Waals surface area contributed by atoms with Gasteiger partial charge in [0.15, 0.2) is 0 Å². The van der Waals surface area contributed by atoms with Crippen molar-refractivity contribution in [3.63, 3.8) is 0 Å². The van der Waals surface area contributed by atoms with Crippen molar-refractivity contribution in [1.82, 2.24) is 0 Å². The zero-order chi connectivity index (χ0) is 18.6. The second-order valence-corrected chi connectivity index (χ2v) is 7.50. The van der Waals surface area contributed by atoms with Gasteiger partial charge in [-0.2, -0.15) is 8.42 Å². The first-order chi connectivity index (χ1) is 12.4. The lowest BCUT2D eigenvalue weighted by Crippen LogP contribution is -1.96. The highest BCUT2D eigenvalue weighted by molar-refractivity contribution is 7.85. The van der Waals surface area contributed by atoms with Gasteiger partial charge in [0.05, 0.1) is 11.5 Å². The Kier molecular flexibility index (Phi) is 5.40.